The number of nitrogens with two attached hydrogens (primary N) is 1. The van der Waals surface area contributed by atoms with Crippen molar-refractivity contribution >= 4 is 38.7 Å². The lowest BCUT2D eigenvalue weighted by molar-refractivity contribution is 0.0694. The quantitative estimate of drug-likeness (QED) is 0.381. The van der Waals surface area contributed by atoms with Crippen molar-refractivity contribution in [1.29, 1.82) is 0 Å². The first kappa shape index (κ1) is 25.5. The fourth-order valence-corrected chi connectivity index (χ4v) is 3.84. The summed E-state index contributed by atoms with van der Waals surface area (Å²) in [6.07, 6.45) is 4.44. The van der Waals surface area contributed by atoms with Gasteiger partial charge in [-0.2, -0.15) is 8.42 Å². The van der Waals surface area contributed by atoms with Crippen LogP contribution in [0.1, 0.15) is 35.7 Å². The number of aromatic carboxylic acids is 1. The molecule has 0 aromatic carbocycles. The minimum atomic E-state index is -3.67. The summed E-state index contributed by atoms with van der Waals surface area (Å²) >= 11 is 0. The smallest absolute Gasteiger partial charge is 0.341 e. The number of hydrogen-bond acceptors (Lipinski definition) is 9. The van der Waals surface area contributed by atoms with Gasteiger partial charge in [0, 0.05) is 24.7 Å². The van der Waals surface area contributed by atoms with Crippen molar-refractivity contribution in [3.63, 3.8) is 0 Å². The first-order chi connectivity index (χ1) is 15.9. The molecule has 1 unspecified atom stereocenters. The second kappa shape index (κ2) is 10.0. The van der Waals surface area contributed by atoms with Crippen LogP contribution in [0.2, 0.25) is 0 Å². The minimum Gasteiger partial charge on any atom is -0.477 e. The summed E-state index contributed by atoms with van der Waals surface area (Å²) in [5.41, 5.74) is 5.63. The Labute approximate surface area is 194 Å². The van der Waals surface area contributed by atoms with Crippen molar-refractivity contribution in [2.75, 3.05) is 37.9 Å². The molecule has 0 bridgehead atoms. The van der Waals surface area contributed by atoms with E-state index in [1.165, 1.54) is 13.3 Å². The monoisotopic (exact) mass is 499 g/mol. The summed E-state index contributed by atoms with van der Waals surface area (Å²) in [6, 6.07) is 1.16. The van der Waals surface area contributed by atoms with Crippen molar-refractivity contribution in [3.8, 4) is 0 Å². The Kier molecular flexibility index (Phi) is 7.53. The first-order valence-corrected chi connectivity index (χ1v) is 12.3. The van der Waals surface area contributed by atoms with Crippen LogP contribution < -0.4 is 16.1 Å². The van der Waals surface area contributed by atoms with Gasteiger partial charge in [0.1, 0.15) is 18.3 Å². The molecule has 3 heterocycles. The van der Waals surface area contributed by atoms with Crippen LogP contribution in [0.3, 0.4) is 0 Å². The second-order valence-corrected chi connectivity index (χ2v) is 9.60. The Morgan fingerprint density at radius 2 is 2.06 bits per heavy atom. The highest BCUT2D eigenvalue weighted by Crippen LogP contribution is 2.37. The van der Waals surface area contributed by atoms with Gasteiger partial charge in [0.15, 0.2) is 11.6 Å². The Bertz CT molecular complexity index is 1280. The number of anilines is 1. The third kappa shape index (κ3) is 5.87. The summed E-state index contributed by atoms with van der Waals surface area (Å²) in [5, 5.41) is 13.4. The molecule has 1 aliphatic carbocycles. The van der Waals surface area contributed by atoms with E-state index in [0.717, 1.165) is 24.6 Å². The molecule has 2 fully saturated rings. The molecule has 2 aliphatic rings. The molecule has 0 radical (unpaired) electrons. The van der Waals surface area contributed by atoms with E-state index in [2.05, 4.69) is 10.1 Å². The van der Waals surface area contributed by atoms with E-state index in [0.29, 0.717) is 38.0 Å². The maximum Gasteiger partial charge on any atom is 0.341 e. The second-order valence-electron chi connectivity index (χ2n) is 8.13. The number of aromatic nitrogens is 2. The zero-order valence-electron chi connectivity index (χ0n) is 18.6. The lowest BCUT2D eigenvalue weighted by Crippen LogP contribution is -2.25. The molecular formula is C20H26FN5O7S. The number of oxime groups is 1. The molecule has 14 heteroatoms. The number of hydrogen-bond donors (Lipinski definition) is 3. The van der Waals surface area contributed by atoms with Crippen LogP contribution in [-0.4, -0.2) is 72.3 Å². The van der Waals surface area contributed by atoms with Gasteiger partial charge in [0.05, 0.1) is 23.9 Å². The average molecular weight is 500 g/mol. The average Bonchev–Trinajstić information content (AvgIpc) is 3.49. The predicted molar refractivity (Wildman–Crippen MR) is 122 cm³/mol. The maximum absolute atomic E-state index is 15.0. The lowest BCUT2D eigenvalue weighted by Gasteiger charge is -2.19. The maximum atomic E-state index is 15.0. The van der Waals surface area contributed by atoms with Crippen LogP contribution in [0.25, 0.3) is 11.0 Å². The van der Waals surface area contributed by atoms with Gasteiger partial charge in [-0.15, -0.1) is 0 Å². The van der Waals surface area contributed by atoms with Crippen LogP contribution >= 0.6 is 0 Å². The Morgan fingerprint density at radius 3 is 2.59 bits per heavy atom. The zero-order chi connectivity index (χ0) is 25.2. The van der Waals surface area contributed by atoms with Crippen molar-refractivity contribution < 1.29 is 32.1 Å². The van der Waals surface area contributed by atoms with Crippen molar-refractivity contribution in [2.45, 2.75) is 25.3 Å². The van der Waals surface area contributed by atoms with E-state index in [-0.39, 0.29) is 28.7 Å². The van der Waals surface area contributed by atoms with Gasteiger partial charge < -0.3 is 25.1 Å². The molecule has 34 heavy (non-hydrogen) atoms. The van der Waals surface area contributed by atoms with Crippen molar-refractivity contribution in [3.05, 3.63) is 33.9 Å². The van der Waals surface area contributed by atoms with E-state index in [1.807, 2.05) is 0 Å². The topological polar surface area (TPSA) is 177 Å². The number of carboxylic acids is 1. The Morgan fingerprint density at radius 1 is 1.41 bits per heavy atom. The van der Waals surface area contributed by atoms with Crippen LogP contribution in [-0.2, 0) is 15.0 Å². The van der Waals surface area contributed by atoms with Crippen molar-refractivity contribution in [1.82, 2.24) is 9.55 Å². The van der Waals surface area contributed by atoms with Gasteiger partial charge in [0.25, 0.3) is 10.1 Å². The van der Waals surface area contributed by atoms with Gasteiger partial charge in [-0.05, 0) is 31.9 Å². The molecule has 1 aliphatic heterocycles. The number of fused-ring (bicyclic) bond motifs is 1. The summed E-state index contributed by atoms with van der Waals surface area (Å²) < 4.78 is 42.5. The van der Waals surface area contributed by atoms with Gasteiger partial charge in [-0.1, -0.05) is 5.16 Å². The van der Waals surface area contributed by atoms with E-state index in [1.54, 1.807) is 9.47 Å². The highest BCUT2D eigenvalue weighted by atomic mass is 32.2. The zero-order valence-corrected chi connectivity index (χ0v) is 19.5. The molecule has 1 saturated carbocycles. The molecule has 2 aromatic rings. The minimum absolute atomic E-state index is 0.0249. The van der Waals surface area contributed by atoms with Gasteiger partial charge in [-0.3, -0.25) is 9.35 Å². The van der Waals surface area contributed by atoms with Gasteiger partial charge >= 0.3 is 5.97 Å². The highest BCUT2D eigenvalue weighted by molar-refractivity contribution is 7.85. The fourth-order valence-electron chi connectivity index (χ4n) is 3.84. The number of halogens is 1. The SMILES string of the molecule is CO/N=C1\CN(c2nc3c(cc2F)c(=O)c(C(=O)O)cn3C2CC2)CC1CCN.CS(=O)(=O)O. The largest absolute Gasteiger partial charge is 0.477 e. The predicted octanol–water partition coefficient (Wildman–Crippen LogP) is 0.860. The molecule has 0 amide bonds. The van der Waals surface area contributed by atoms with Crippen LogP contribution in [0.15, 0.2) is 22.2 Å². The van der Waals surface area contributed by atoms with E-state index < -0.39 is 27.3 Å². The number of rotatable bonds is 6. The molecule has 1 atom stereocenters. The third-order valence-corrected chi connectivity index (χ3v) is 5.40. The first-order valence-electron chi connectivity index (χ1n) is 10.4. The molecule has 0 spiro atoms. The van der Waals surface area contributed by atoms with Crippen molar-refractivity contribution in [2.24, 2.45) is 16.8 Å². The van der Waals surface area contributed by atoms with E-state index >= 15 is 0 Å². The van der Waals surface area contributed by atoms with Crippen LogP contribution in [0, 0.1) is 11.7 Å². The molecule has 12 nitrogen and oxygen atoms in total. The third-order valence-electron chi connectivity index (χ3n) is 5.40. The summed E-state index contributed by atoms with van der Waals surface area (Å²) in [7, 11) is -2.21. The molecule has 4 rings (SSSR count). The lowest BCUT2D eigenvalue weighted by atomic mass is 10.0. The van der Waals surface area contributed by atoms with Gasteiger partial charge in [0.2, 0.25) is 5.43 Å². The summed E-state index contributed by atoms with van der Waals surface area (Å²) in [5.74, 6) is -1.88. The molecule has 1 saturated heterocycles. The molecular weight excluding hydrogens is 473 g/mol. The van der Waals surface area contributed by atoms with E-state index in [9.17, 15) is 27.5 Å². The highest BCUT2D eigenvalue weighted by Gasteiger charge is 2.33. The summed E-state index contributed by atoms with van der Waals surface area (Å²) in [6.45, 7) is 1.29. The standard InChI is InChI=1S/C19H22FN5O4.CH4O3S/c1-29-23-15-9-24(7-10(15)4-5-21)18-14(20)6-12-16(26)13(19(27)28)8-25(11-2-3-11)17(12)22-18;1-5(2,3)4/h6,8,10-11H,2-5,7,9,21H2,1H3,(H,27,28);1H3,(H,2,3,4)/b23-15+;. The van der Waals surface area contributed by atoms with Crippen LogP contribution in [0.4, 0.5) is 10.2 Å². The normalized spacial score (nSPS) is 19.3. The number of carbonyl (C=O) groups is 1. The number of pyridine rings is 2. The molecule has 2 aromatic heterocycles. The number of carboxylic acid groups (broad SMARTS) is 1. The number of nitrogens with zero attached hydrogens (tertiary/aromatic N) is 4. The fraction of sp³-hybridized carbons (Fsp3) is 0.500. The Hall–Kier alpha value is -3.10. The molecule has 186 valence electrons. The van der Waals surface area contributed by atoms with Crippen LogP contribution in [0.5, 0.6) is 0 Å². The Balaban J connectivity index is 0.000000588. The van der Waals surface area contributed by atoms with Gasteiger partial charge in [-0.25, -0.2) is 14.2 Å². The van der Waals surface area contributed by atoms with E-state index in [4.69, 9.17) is 15.1 Å². The summed E-state index contributed by atoms with van der Waals surface area (Å²) in [4.78, 5) is 35.1. The molecule has 4 N–H and O–H groups in total.